The summed E-state index contributed by atoms with van der Waals surface area (Å²) < 4.78 is 6.93. The Morgan fingerprint density at radius 2 is 1.96 bits per heavy atom. The number of hydrogen-bond acceptors (Lipinski definition) is 4. The van der Waals surface area contributed by atoms with Crippen LogP contribution in [0, 0.1) is 0 Å². The Bertz CT molecular complexity index is 667. The summed E-state index contributed by atoms with van der Waals surface area (Å²) in [6.07, 6.45) is 3.76. The Morgan fingerprint density at radius 1 is 1.29 bits per heavy atom. The number of thioether (sulfide) groups is 1. The third kappa shape index (κ3) is 4.77. The fourth-order valence-electron chi connectivity index (χ4n) is 2.41. The number of aromatic nitrogens is 2. The minimum absolute atomic E-state index is 0.134. The van der Waals surface area contributed by atoms with Gasteiger partial charge in [0.15, 0.2) is 0 Å². The van der Waals surface area contributed by atoms with Gasteiger partial charge in [0.25, 0.3) is 0 Å². The zero-order valence-electron chi connectivity index (χ0n) is 14.9. The van der Waals surface area contributed by atoms with E-state index in [1.165, 1.54) is 0 Å². The molecule has 0 saturated carbocycles. The van der Waals surface area contributed by atoms with Gasteiger partial charge in [0.2, 0.25) is 5.91 Å². The van der Waals surface area contributed by atoms with Gasteiger partial charge in [0, 0.05) is 36.3 Å². The van der Waals surface area contributed by atoms with E-state index in [9.17, 15) is 4.79 Å². The lowest BCUT2D eigenvalue weighted by molar-refractivity contribution is -0.132. The third-order valence-electron chi connectivity index (χ3n) is 3.74. The van der Waals surface area contributed by atoms with Gasteiger partial charge in [-0.2, -0.15) is 5.10 Å². The minimum Gasteiger partial charge on any atom is -0.497 e. The maximum atomic E-state index is 12.9. The van der Waals surface area contributed by atoms with Gasteiger partial charge in [-0.1, -0.05) is 0 Å². The summed E-state index contributed by atoms with van der Waals surface area (Å²) in [5.74, 6) is 0.952. The van der Waals surface area contributed by atoms with Crippen LogP contribution < -0.4 is 4.74 Å². The molecule has 1 aromatic carbocycles. The molecule has 2 aromatic rings. The lowest BCUT2D eigenvalue weighted by Gasteiger charge is -2.29. The summed E-state index contributed by atoms with van der Waals surface area (Å²) in [5.41, 5.74) is 1.04. The van der Waals surface area contributed by atoms with Gasteiger partial charge in [-0.05, 0) is 45.0 Å². The number of nitrogens with zero attached hydrogens (tertiary/aromatic N) is 3. The predicted molar refractivity (Wildman–Crippen MR) is 97.2 cm³/mol. The standard InChI is InChI=1S/C18H25N3O2S/c1-13(2)21(12-15-10-19-20(4)11-15)18(22)14(3)24-17-8-6-16(23-5)7-9-17/h6-11,13-14H,12H2,1-5H3. The van der Waals surface area contributed by atoms with Crippen LogP contribution in [0.3, 0.4) is 0 Å². The molecule has 5 nitrogen and oxygen atoms in total. The number of methoxy groups -OCH3 is 1. The second-order valence-corrected chi connectivity index (χ2v) is 7.43. The van der Waals surface area contributed by atoms with E-state index in [0.29, 0.717) is 6.54 Å². The average Bonchev–Trinajstić information content (AvgIpc) is 2.97. The molecule has 0 aliphatic carbocycles. The molecule has 0 aliphatic rings. The molecule has 0 aliphatic heterocycles. The molecule has 1 heterocycles. The molecule has 24 heavy (non-hydrogen) atoms. The Balaban J connectivity index is 2.04. The SMILES string of the molecule is COc1ccc(SC(C)C(=O)N(Cc2cnn(C)c2)C(C)C)cc1. The van der Waals surface area contributed by atoms with Crippen molar-refractivity contribution in [1.82, 2.24) is 14.7 Å². The molecule has 0 N–H and O–H groups in total. The Morgan fingerprint density at radius 3 is 2.46 bits per heavy atom. The first kappa shape index (κ1) is 18.4. The van der Waals surface area contributed by atoms with E-state index in [1.54, 1.807) is 23.6 Å². The number of carbonyl (C=O) groups is 1. The van der Waals surface area contributed by atoms with E-state index in [4.69, 9.17) is 4.74 Å². The van der Waals surface area contributed by atoms with Gasteiger partial charge < -0.3 is 9.64 Å². The number of aryl methyl sites for hydroxylation is 1. The highest BCUT2D eigenvalue weighted by Crippen LogP contribution is 2.27. The minimum atomic E-state index is -0.155. The second kappa shape index (κ2) is 8.24. The summed E-state index contributed by atoms with van der Waals surface area (Å²) in [7, 11) is 3.53. The normalized spacial score (nSPS) is 12.2. The number of carbonyl (C=O) groups excluding carboxylic acids is 1. The fraction of sp³-hybridized carbons (Fsp3) is 0.444. The van der Waals surface area contributed by atoms with Crippen molar-refractivity contribution in [2.75, 3.05) is 7.11 Å². The lowest BCUT2D eigenvalue weighted by atomic mass is 10.2. The highest BCUT2D eigenvalue weighted by molar-refractivity contribution is 8.00. The molecule has 0 bridgehead atoms. The van der Waals surface area contributed by atoms with Crippen LogP contribution in [0.1, 0.15) is 26.3 Å². The molecule has 6 heteroatoms. The third-order valence-corrected chi connectivity index (χ3v) is 4.84. The smallest absolute Gasteiger partial charge is 0.236 e. The summed E-state index contributed by atoms with van der Waals surface area (Å²) in [6.45, 7) is 6.62. The number of rotatable bonds is 7. The van der Waals surface area contributed by atoms with Gasteiger partial charge in [-0.3, -0.25) is 9.48 Å². The molecular weight excluding hydrogens is 322 g/mol. The number of benzene rings is 1. The van der Waals surface area contributed by atoms with Crippen LogP contribution in [-0.2, 0) is 18.4 Å². The zero-order chi connectivity index (χ0) is 17.7. The van der Waals surface area contributed by atoms with E-state index in [0.717, 1.165) is 16.2 Å². The summed E-state index contributed by atoms with van der Waals surface area (Å²) in [5, 5.41) is 4.02. The van der Waals surface area contributed by atoms with E-state index < -0.39 is 0 Å². The van der Waals surface area contributed by atoms with Crippen molar-refractivity contribution >= 4 is 17.7 Å². The van der Waals surface area contributed by atoms with Crippen molar-refractivity contribution in [2.45, 2.75) is 43.5 Å². The molecule has 0 spiro atoms. The Hall–Kier alpha value is -1.95. The van der Waals surface area contributed by atoms with Gasteiger partial charge in [0.05, 0.1) is 18.6 Å². The molecule has 1 amide bonds. The molecule has 1 unspecified atom stereocenters. The summed E-state index contributed by atoms with van der Waals surface area (Å²) in [4.78, 5) is 15.8. The average molecular weight is 347 g/mol. The van der Waals surface area contributed by atoms with E-state index in [1.807, 2.05) is 69.4 Å². The molecule has 130 valence electrons. The van der Waals surface area contributed by atoms with E-state index in [2.05, 4.69) is 5.10 Å². The Kier molecular flexibility index (Phi) is 6.31. The van der Waals surface area contributed by atoms with Gasteiger partial charge >= 0.3 is 0 Å². The quantitative estimate of drug-likeness (QED) is 0.721. The highest BCUT2D eigenvalue weighted by atomic mass is 32.2. The maximum absolute atomic E-state index is 12.9. The lowest BCUT2D eigenvalue weighted by Crippen LogP contribution is -2.40. The number of hydrogen-bond donors (Lipinski definition) is 0. The monoisotopic (exact) mass is 347 g/mol. The second-order valence-electron chi connectivity index (χ2n) is 6.02. The van der Waals surface area contributed by atoms with Crippen LogP contribution in [0.2, 0.25) is 0 Å². The van der Waals surface area contributed by atoms with Crippen LogP contribution in [0.5, 0.6) is 5.75 Å². The zero-order valence-corrected chi connectivity index (χ0v) is 15.7. The number of ether oxygens (including phenoxy) is 1. The summed E-state index contributed by atoms with van der Waals surface area (Å²) >= 11 is 1.56. The van der Waals surface area contributed by atoms with Crippen LogP contribution in [-0.4, -0.2) is 39.0 Å². The van der Waals surface area contributed by atoms with Crippen molar-refractivity contribution < 1.29 is 9.53 Å². The van der Waals surface area contributed by atoms with Gasteiger partial charge in [0.1, 0.15) is 5.75 Å². The van der Waals surface area contributed by atoms with Gasteiger partial charge in [-0.25, -0.2) is 0 Å². The van der Waals surface area contributed by atoms with Crippen LogP contribution >= 0.6 is 11.8 Å². The largest absolute Gasteiger partial charge is 0.497 e. The molecule has 0 fully saturated rings. The molecule has 1 aromatic heterocycles. The molecule has 0 saturated heterocycles. The van der Waals surface area contributed by atoms with E-state index >= 15 is 0 Å². The van der Waals surface area contributed by atoms with Crippen LogP contribution in [0.15, 0.2) is 41.6 Å². The van der Waals surface area contributed by atoms with Crippen molar-refractivity contribution in [3.05, 3.63) is 42.2 Å². The summed E-state index contributed by atoms with van der Waals surface area (Å²) in [6, 6.07) is 7.92. The topological polar surface area (TPSA) is 47.4 Å². The predicted octanol–water partition coefficient (Wildman–Crippen LogP) is 3.35. The Labute approximate surface area is 148 Å². The first-order valence-electron chi connectivity index (χ1n) is 7.99. The van der Waals surface area contributed by atoms with Crippen LogP contribution in [0.25, 0.3) is 0 Å². The molecule has 2 rings (SSSR count). The molecule has 1 atom stereocenters. The van der Waals surface area contributed by atoms with Crippen molar-refractivity contribution in [2.24, 2.45) is 7.05 Å². The van der Waals surface area contributed by atoms with Crippen molar-refractivity contribution in [3.63, 3.8) is 0 Å². The maximum Gasteiger partial charge on any atom is 0.236 e. The van der Waals surface area contributed by atoms with Crippen LogP contribution in [0.4, 0.5) is 0 Å². The fourth-order valence-corrected chi connectivity index (χ4v) is 3.35. The van der Waals surface area contributed by atoms with E-state index in [-0.39, 0.29) is 17.2 Å². The van der Waals surface area contributed by atoms with Crippen molar-refractivity contribution in [3.8, 4) is 5.75 Å². The highest BCUT2D eigenvalue weighted by Gasteiger charge is 2.24. The first-order chi connectivity index (χ1) is 11.4. The molecule has 0 radical (unpaired) electrons. The molecular formula is C18H25N3O2S. The van der Waals surface area contributed by atoms with Crippen molar-refractivity contribution in [1.29, 1.82) is 0 Å². The first-order valence-corrected chi connectivity index (χ1v) is 8.87. The number of amides is 1. The van der Waals surface area contributed by atoms with Gasteiger partial charge in [-0.15, -0.1) is 11.8 Å².